The number of aromatic nitrogens is 1. The predicted octanol–water partition coefficient (Wildman–Crippen LogP) is 2.59. The van der Waals surface area contributed by atoms with Crippen LogP contribution < -0.4 is 15.2 Å². The van der Waals surface area contributed by atoms with E-state index in [1.54, 1.807) is 30.3 Å². The lowest BCUT2D eigenvalue weighted by Gasteiger charge is -2.08. The fourth-order valence-corrected chi connectivity index (χ4v) is 2.36. The van der Waals surface area contributed by atoms with Gasteiger partial charge in [-0.15, -0.1) is 0 Å². The summed E-state index contributed by atoms with van der Waals surface area (Å²) < 4.78 is 17.0. The van der Waals surface area contributed by atoms with Crippen molar-refractivity contribution in [3.05, 3.63) is 63.1 Å². The van der Waals surface area contributed by atoms with E-state index in [4.69, 9.17) is 13.9 Å². The number of benzene rings is 2. The summed E-state index contributed by atoms with van der Waals surface area (Å²) in [6.45, 7) is 0.287. The number of rotatable bonds is 6. The van der Waals surface area contributed by atoms with Gasteiger partial charge in [-0.05, 0) is 24.3 Å². The average molecular weight is 330 g/mol. The first-order chi connectivity index (χ1) is 11.6. The van der Waals surface area contributed by atoms with Gasteiger partial charge in [-0.3, -0.25) is 14.7 Å². The lowest BCUT2D eigenvalue weighted by Crippen LogP contribution is -2.18. The molecule has 1 heterocycles. The van der Waals surface area contributed by atoms with Gasteiger partial charge in [0.2, 0.25) is 0 Å². The summed E-state index contributed by atoms with van der Waals surface area (Å²) in [6.07, 6.45) is 0. The highest BCUT2D eigenvalue weighted by Crippen LogP contribution is 2.31. The van der Waals surface area contributed by atoms with Crippen molar-refractivity contribution in [1.29, 1.82) is 0 Å². The fraction of sp³-hybridized carbons (Fsp3) is 0.188. The number of fused-ring (bicyclic) bond motifs is 1. The lowest BCUT2D eigenvalue weighted by molar-refractivity contribution is -0.385. The van der Waals surface area contributed by atoms with Gasteiger partial charge >= 0.3 is 11.4 Å². The Morgan fingerprint density at radius 1 is 1.25 bits per heavy atom. The van der Waals surface area contributed by atoms with Crippen LogP contribution >= 0.6 is 0 Å². The monoisotopic (exact) mass is 330 g/mol. The molecule has 0 aliphatic carbocycles. The number of para-hydroxylation sites is 2. The van der Waals surface area contributed by atoms with Crippen LogP contribution in [0, 0.1) is 10.1 Å². The molecule has 0 saturated heterocycles. The molecule has 0 radical (unpaired) electrons. The van der Waals surface area contributed by atoms with Gasteiger partial charge in [0.15, 0.2) is 11.3 Å². The van der Waals surface area contributed by atoms with Crippen LogP contribution in [0.2, 0.25) is 0 Å². The molecule has 0 unspecified atom stereocenters. The molecule has 0 spiro atoms. The topological polar surface area (TPSA) is 96.7 Å². The minimum absolute atomic E-state index is 0.0800. The van der Waals surface area contributed by atoms with Crippen molar-refractivity contribution in [1.82, 2.24) is 4.57 Å². The third-order valence-electron chi connectivity index (χ3n) is 3.51. The molecule has 124 valence electrons. The molecule has 0 fully saturated rings. The van der Waals surface area contributed by atoms with Crippen molar-refractivity contribution < 1.29 is 18.8 Å². The maximum atomic E-state index is 11.9. The Bertz CT molecular complexity index is 943. The van der Waals surface area contributed by atoms with Crippen molar-refractivity contribution in [2.75, 3.05) is 13.7 Å². The average Bonchev–Trinajstić information content (AvgIpc) is 2.90. The van der Waals surface area contributed by atoms with Crippen LogP contribution in [-0.4, -0.2) is 23.2 Å². The molecule has 0 N–H and O–H groups in total. The minimum atomic E-state index is -0.544. The van der Waals surface area contributed by atoms with Gasteiger partial charge < -0.3 is 13.9 Å². The molecular weight excluding hydrogens is 316 g/mol. The smallest absolute Gasteiger partial charge is 0.420 e. The number of nitro groups is 1. The van der Waals surface area contributed by atoms with E-state index in [2.05, 4.69) is 0 Å². The summed E-state index contributed by atoms with van der Waals surface area (Å²) in [6, 6.07) is 11.3. The predicted molar refractivity (Wildman–Crippen MR) is 85.6 cm³/mol. The first-order valence-corrected chi connectivity index (χ1v) is 7.14. The van der Waals surface area contributed by atoms with E-state index in [1.165, 1.54) is 23.8 Å². The normalized spacial score (nSPS) is 10.7. The summed E-state index contributed by atoms with van der Waals surface area (Å²) in [5, 5.41) is 11.1. The fourth-order valence-electron chi connectivity index (χ4n) is 2.36. The molecule has 8 nitrogen and oxygen atoms in total. The first-order valence-electron chi connectivity index (χ1n) is 7.14. The van der Waals surface area contributed by atoms with Crippen LogP contribution in [0.25, 0.3) is 11.1 Å². The molecule has 2 aromatic carbocycles. The standard InChI is InChI=1S/C16H14N2O6/c1-22-11-6-7-14(13(10-11)18(20)21)23-9-8-17-12-4-2-3-5-15(12)24-16(17)19/h2-7,10H,8-9H2,1H3. The summed E-state index contributed by atoms with van der Waals surface area (Å²) in [4.78, 5) is 22.4. The summed E-state index contributed by atoms with van der Waals surface area (Å²) in [5.74, 6) is -0.0169. The summed E-state index contributed by atoms with van der Waals surface area (Å²) in [7, 11) is 1.43. The molecule has 1 aromatic heterocycles. The molecule has 0 amide bonds. The number of nitro benzene ring substituents is 1. The minimum Gasteiger partial charge on any atom is -0.496 e. The first kappa shape index (κ1) is 15.6. The maximum Gasteiger partial charge on any atom is 0.420 e. The number of hydrogen-bond donors (Lipinski definition) is 0. The number of oxazole rings is 1. The second kappa shape index (κ2) is 6.45. The molecule has 8 heteroatoms. The van der Waals surface area contributed by atoms with Crippen LogP contribution in [0.15, 0.2) is 51.7 Å². The van der Waals surface area contributed by atoms with Gasteiger partial charge in [0.1, 0.15) is 12.4 Å². The summed E-state index contributed by atoms with van der Waals surface area (Å²) in [5.41, 5.74) is 0.937. The van der Waals surface area contributed by atoms with Crippen LogP contribution in [0.1, 0.15) is 0 Å². The Balaban J connectivity index is 1.78. The van der Waals surface area contributed by atoms with Gasteiger partial charge in [0, 0.05) is 0 Å². The SMILES string of the molecule is COc1ccc(OCCn2c(=O)oc3ccccc32)c([N+](=O)[O-])c1. The van der Waals surface area contributed by atoms with E-state index in [9.17, 15) is 14.9 Å². The highest BCUT2D eigenvalue weighted by Gasteiger charge is 2.17. The van der Waals surface area contributed by atoms with Crippen LogP contribution in [0.5, 0.6) is 11.5 Å². The van der Waals surface area contributed by atoms with Crippen LogP contribution in [0.3, 0.4) is 0 Å². The second-order valence-electron chi connectivity index (χ2n) is 4.93. The largest absolute Gasteiger partial charge is 0.496 e. The van der Waals surface area contributed by atoms with Crippen LogP contribution in [-0.2, 0) is 6.54 Å². The molecule has 0 aliphatic heterocycles. The molecule has 3 rings (SSSR count). The van der Waals surface area contributed by atoms with Crippen LogP contribution in [0.4, 0.5) is 5.69 Å². The molecule has 3 aromatic rings. The highest BCUT2D eigenvalue weighted by atomic mass is 16.6. The number of nitrogens with zero attached hydrogens (tertiary/aromatic N) is 2. The van der Waals surface area contributed by atoms with Gasteiger partial charge in [-0.25, -0.2) is 4.79 Å². The van der Waals surface area contributed by atoms with Gasteiger partial charge in [-0.2, -0.15) is 0 Å². The highest BCUT2D eigenvalue weighted by molar-refractivity contribution is 5.72. The molecule has 0 saturated carbocycles. The Morgan fingerprint density at radius 3 is 2.79 bits per heavy atom. The molecule has 24 heavy (non-hydrogen) atoms. The number of hydrogen-bond acceptors (Lipinski definition) is 6. The third-order valence-corrected chi connectivity index (χ3v) is 3.51. The van der Waals surface area contributed by atoms with E-state index in [1.807, 2.05) is 0 Å². The summed E-state index contributed by atoms with van der Waals surface area (Å²) >= 11 is 0. The maximum absolute atomic E-state index is 11.9. The van der Waals surface area contributed by atoms with Crippen molar-refractivity contribution in [2.45, 2.75) is 6.54 Å². The zero-order chi connectivity index (χ0) is 17.1. The van der Waals surface area contributed by atoms with E-state index >= 15 is 0 Å². The third kappa shape index (κ3) is 2.94. The zero-order valence-electron chi connectivity index (χ0n) is 12.8. The Labute approximate surface area is 136 Å². The molecule has 0 bridgehead atoms. The van der Waals surface area contributed by atoms with Gasteiger partial charge in [0.05, 0.1) is 30.2 Å². The second-order valence-corrected chi connectivity index (χ2v) is 4.93. The Morgan fingerprint density at radius 2 is 2.04 bits per heavy atom. The number of ether oxygens (including phenoxy) is 2. The Hall–Kier alpha value is -3.29. The molecule has 0 aliphatic rings. The zero-order valence-corrected chi connectivity index (χ0v) is 12.8. The quantitative estimate of drug-likeness (QED) is 0.509. The van der Waals surface area contributed by atoms with Crippen molar-refractivity contribution >= 4 is 16.8 Å². The van der Waals surface area contributed by atoms with E-state index < -0.39 is 10.7 Å². The lowest BCUT2D eigenvalue weighted by atomic mass is 10.3. The van der Waals surface area contributed by atoms with Gasteiger partial charge in [0.25, 0.3) is 0 Å². The van der Waals surface area contributed by atoms with Crippen molar-refractivity contribution in [3.63, 3.8) is 0 Å². The van der Waals surface area contributed by atoms with E-state index in [0.717, 1.165) is 0 Å². The van der Waals surface area contributed by atoms with Gasteiger partial charge in [-0.1, -0.05) is 12.1 Å². The molecular formula is C16H14N2O6. The Kier molecular flexibility index (Phi) is 4.19. The van der Waals surface area contributed by atoms with E-state index in [-0.39, 0.29) is 24.6 Å². The van der Waals surface area contributed by atoms with Crippen molar-refractivity contribution in [3.8, 4) is 11.5 Å². The van der Waals surface area contributed by atoms with E-state index in [0.29, 0.717) is 16.8 Å². The molecule has 0 atom stereocenters. The number of methoxy groups -OCH3 is 1. The van der Waals surface area contributed by atoms with Crippen molar-refractivity contribution in [2.24, 2.45) is 0 Å².